The van der Waals surface area contributed by atoms with E-state index in [1.165, 1.54) is 5.56 Å². The van der Waals surface area contributed by atoms with Gasteiger partial charge < -0.3 is 4.52 Å². The third-order valence-electron chi connectivity index (χ3n) is 2.23. The summed E-state index contributed by atoms with van der Waals surface area (Å²) in [7, 11) is 0. The number of hydrogen-bond acceptors (Lipinski definition) is 2. The van der Waals surface area contributed by atoms with Crippen LogP contribution in [0, 0.1) is 0 Å². The molecule has 0 unspecified atom stereocenters. The van der Waals surface area contributed by atoms with Crippen molar-refractivity contribution in [2.24, 2.45) is 0 Å². The van der Waals surface area contributed by atoms with Gasteiger partial charge in [-0.3, -0.25) is 0 Å². The molecule has 0 saturated carbocycles. The molecular weight excluding hydrogens is 174 g/mol. The quantitative estimate of drug-likeness (QED) is 0.735. The van der Waals surface area contributed by atoms with Gasteiger partial charge in [0.15, 0.2) is 0 Å². The van der Waals surface area contributed by atoms with E-state index in [4.69, 9.17) is 4.52 Å². The lowest BCUT2D eigenvalue weighted by Gasteiger charge is -1.98. The number of aryl methyl sites for hydroxylation is 2. The van der Waals surface area contributed by atoms with Gasteiger partial charge in [0, 0.05) is 6.07 Å². The third kappa shape index (κ3) is 2.46. The molecule has 1 aromatic heterocycles. The second-order valence-electron chi connectivity index (χ2n) is 3.33. The first-order valence-corrected chi connectivity index (χ1v) is 4.88. The summed E-state index contributed by atoms with van der Waals surface area (Å²) in [5, 5.41) is 3.87. The van der Waals surface area contributed by atoms with E-state index in [1.54, 1.807) is 6.26 Å². The first-order chi connectivity index (χ1) is 6.95. The van der Waals surface area contributed by atoms with Crippen molar-refractivity contribution >= 4 is 0 Å². The molecule has 72 valence electrons. The van der Waals surface area contributed by atoms with E-state index < -0.39 is 0 Å². The van der Waals surface area contributed by atoms with Gasteiger partial charge in [0.05, 0.1) is 5.69 Å². The van der Waals surface area contributed by atoms with Crippen LogP contribution < -0.4 is 0 Å². The molecule has 0 aliphatic rings. The lowest BCUT2D eigenvalue weighted by Crippen LogP contribution is -1.89. The Hall–Kier alpha value is -1.57. The Balaban J connectivity index is 1.79. The highest BCUT2D eigenvalue weighted by Gasteiger charge is 1.96. The lowest BCUT2D eigenvalue weighted by atomic mass is 10.1. The molecule has 0 N–H and O–H groups in total. The predicted octanol–water partition coefficient (Wildman–Crippen LogP) is 2.85. The maximum Gasteiger partial charge on any atom is 0.124 e. The van der Waals surface area contributed by atoms with Crippen molar-refractivity contribution in [3.8, 4) is 0 Å². The van der Waals surface area contributed by atoms with Gasteiger partial charge in [-0.2, -0.15) is 0 Å². The molecule has 1 aromatic carbocycles. The Morgan fingerprint density at radius 1 is 1.00 bits per heavy atom. The molecule has 2 heteroatoms. The number of nitrogens with zero attached hydrogens (tertiary/aromatic N) is 1. The zero-order valence-corrected chi connectivity index (χ0v) is 8.02. The van der Waals surface area contributed by atoms with E-state index in [0.717, 1.165) is 25.0 Å². The first kappa shape index (κ1) is 9.00. The van der Waals surface area contributed by atoms with E-state index in [0.29, 0.717) is 0 Å². The molecule has 0 fully saturated rings. The molecule has 0 amide bonds. The molecule has 2 rings (SSSR count). The average molecular weight is 187 g/mol. The summed E-state index contributed by atoms with van der Waals surface area (Å²) < 4.78 is 4.77. The highest BCUT2D eigenvalue weighted by atomic mass is 16.5. The fourth-order valence-corrected chi connectivity index (χ4v) is 1.48. The van der Waals surface area contributed by atoms with Crippen LogP contribution in [0.1, 0.15) is 17.7 Å². The van der Waals surface area contributed by atoms with Gasteiger partial charge >= 0.3 is 0 Å². The van der Waals surface area contributed by atoms with Gasteiger partial charge in [0.1, 0.15) is 6.26 Å². The first-order valence-electron chi connectivity index (χ1n) is 4.88. The minimum Gasteiger partial charge on any atom is -0.365 e. The molecule has 0 radical (unpaired) electrons. The summed E-state index contributed by atoms with van der Waals surface area (Å²) in [6.07, 6.45) is 4.84. The molecule has 0 bridgehead atoms. The maximum atomic E-state index is 4.77. The molecule has 1 heterocycles. The van der Waals surface area contributed by atoms with E-state index in [2.05, 4.69) is 29.4 Å². The van der Waals surface area contributed by atoms with Crippen LogP contribution in [0.25, 0.3) is 0 Å². The summed E-state index contributed by atoms with van der Waals surface area (Å²) in [5.41, 5.74) is 2.43. The number of rotatable bonds is 4. The van der Waals surface area contributed by atoms with Crippen LogP contribution in [0.15, 0.2) is 47.2 Å². The molecule has 2 aromatic rings. The largest absolute Gasteiger partial charge is 0.365 e. The number of benzene rings is 1. The fraction of sp³-hybridized carbons (Fsp3) is 0.250. The van der Waals surface area contributed by atoms with Crippen LogP contribution >= 0.6 is 0 Å². The smallest absolute Gasteiger partial charge is 0.124 e. The predicted molar refractivity (Wildman–Crippen MR) is 55.0 cm³/mol. The van der Waals surface area contributed by atoms with Crippen molar-refractivity contribution in [1.29, 1.82) is 0 Å². The Morgan fingerprint density at radius 2 is 1.86 bits per heavy atom. The lowest BCUT2D eigenvalue weighted by molar-refractivity contribution is 0.411. The summed E-state index contributed by atoms with van der Waals surface area (Å²) in [4.78, 5) is 0. The van der Waals surface area contributed by atoms with Crippen LogP contribution in [-0.4, -0.2) is 5.16 Å². The van der Waals surface area contributed by atoms with E-state index in [9.17, 15) is 0 Å². The summed E-state index contributed by atoms with van der Waals surface area (Å²) in [5.74, 6) is 0. The topological polar surface area (TPSA) is 26.0 Å². The molecule has 2 nitrogen and oxygen atoms in total. The van der Waals surface area contributed by atoms with Gasteiger partial charge in [0.2, 0.25) is 0 Å². The Labute approximate surface area is 83.5 Å². The zero-order valence-electron chi connectivity index (χ0n) is 8.02. The second kappa shape index (κ2) is 4.61. The van der Waals surface area contributed by atoms with E-state index in [1.807, 2.05) is 12.1 Å². The standard InChI is InChI=1S/C12H13NO/c1-2-5-11(6-3-1)7-4-8-12-9-10-14-13-12/h1-3,5-6,9-10H,4,7-8H2. The molecule has 14 heavy (non-hydrogen) atoms. The van der Waals surface area contributed by atoms with Crippen LogP contribution in [-0.2, 0) is 12.8 Å². The van der Waals surface area contributed by atoms with Gasteiger partial charge in [-0.25, -0.2) is 0 Å². The van der Waals surface area contributed by atoms with Crippen LogP contribution in [0.5, 0.6) is 0 Å². The SMILES string of the molecule is c1ccc(CCCc2ccon2)cc1. The summed E-state index contributed by atoms with van der Waals surface area (Å²) >= 11 is 0. The summed E-state index contributed by atoms with van der Waals surface area (Å²) in [6.45, 7) is 0. The van der Waals surface area contributed by atoms with Crippen molar-refractivity contribution in [1.82, 2.24) is 5.16 Å². The highest BCUT2D eigenvalue weighted by Crippen LogP contribution is 2.06. The Bertz CT molecular complexity index is 353. The fourth-order valence-electron chi connectivity index (χ4n) is 1.48. The van der Waals surface area contributed by atoms with E-state index >= 15 is 0 Å². The summed E-state index contributed by atoms with van der Waals surface area (Å²) in [6, 6.07) is 12.4. The van der Waals surface area contributed by atoms with Gasteiger partial charge in [-0.15, -0.1) is 0 Å². The van der Waals surface area contributed by atoms with Crippen LogP contribution in [0.2, 0.25) is 0 Å². The van der Waals surface area contributed by atoms with Gasteiger partial charge in [-0.1, -0.05) is 35.5 Å². The van der Waals surface area contributed by atoms with Gasteiger partial charge in [0.25, 0.3) is 0 Å². The van der Waals surface area contributed by atoms with E-state index in [-0.39, 0.29) is 0 Å². The third-order valence-corrected chi connectivity index (χ3v) is 2.23. The van der Waals surface area contributed by atoms with Crippen molar-refractivity contribution in [2.75, 3.05) is 0 Å². The molecular formula is C12H13NO. The molecule has 0 aliphatic heterocycles. The number of aromatic nitrogens is 1. The minimum atomic E-state index is 0.991. The van der Waals surface area contributed by atoms with Crippen molar-refractivity contribution in [3.05, 3.63) is 53.9 Å². The second-order valence-corrected chi connectivity index (χ2v) is 3.33. The number of hydrogen-bond donors (Lipinski definition) is 0. The molecule has 0 saturated heterocycles. The van der Waals surface area contributed by atoms with Gasteiger partial charge in [-0.05, 0) is 24.8 Å². The van der Waals surface area contributed by atoms with Crippen molar-refractivity contribution in [2.45, 2.75) is 19.3 Å². The Kier molecular flexibility index (Phi) is 2.96. The maximum absolute atomic E-state index is 4.77. The molecule has 0 spiro atoms. The minimum absolute atomic E-state index is 0.991. The zero-order chi connectivity index (χ0) is 9.64. The van der Waals surface area contributed by atoms with Crippen LogP contribution in [0.3, 0.4) is 0 Å². The average Bonchev–Trinajstić information content (AvgIpc) is 2.72. The highest BCUT2D eigenvalue weighted by molar-refractivity contribution is 5.14. The van der Waals surface area contributed by atoms with Crippen molar-refractivity contribution < 1.29 is 4.52 Å². The monoisotopic (exact) mass is 187 g/mol. The van der Waals surface area contributed by atoms with Crippen molar-refractivity contribution in [3.63, 3.8) is 0 Å². The molecule has 0 aliphatic carbocycles. The normalized spacial score (nSPS) is 10.3. The van der Waals surface area contributed by atoms with Crippen LogP contribution in [0.4, 0.5) is 0 Å². The molecule has 0 atom stereocenters. The Morgan fingerprint density at radius 3 is 2.57 bits per heavy atom.